The van der Waals surface area contributed by atoms with Gasteiger partial charge in [0, 0.05) is 17.8 Å². The van der Waals surface area contributed by atoms with Crippen molar-refractivity contribution < 1.29 is 9.53 Å². The number of carbonyl (C=O) groups is 1. The number of nitriles is 2. The van der Waals surface area contributed by atoms with Gasteiger partial charge in [-0.15, -0.1) is 0 Å². The number of carbonyl (C=O) groups excluding carboxylic acids is 1. The first-order valence-electron chi connectivity index (χ1n) is 9.68. The van der Waals surface area contributed by atoms with Crippen LogP contribution in [0.25, 0.3) is 11.1 Å². The van der Waals surface area contributed by atoms with Crippen LogP contribution in [-0.4, -0.2) is 21.9 Å². The van der Waals surface area contributed by atoms with Crippen molar-refractivity contribution in [3.63, 3.8) is 0 Å². The van der Waals surface area contributed by atoms with Gasteiger partial charge in [0.1, 0.15) is 41.4 Å². The molecule has 2 aromatic heterocycles. The van der Waals surface area contributed by atoms with Gasteiger partial charge in [-0.05, 0) is 36.1 Å². The highest BCUT2D eigenvalue weighted by atomic mass is 16.5. The molecule has 152 valence electrons. The second kappa shape index (κ2) is 8.52. The van der Waals surface area contributed by atoms with E-state index in [0.717, 1.165) is 12.8 Å². The van der Waals surface area contributed by atoms with Crippen LogP contribution in [0.4, 0.5) is 5.82 Å². The van der Waals surface area contributed by atoms with Crippen LogP contribution < -0.4 is 15.8 Å². The van der Waals surface area contributed by atoms with Crippen molar-refractivity contribution in [3.05, 3.63) is 71.0 Å². The van der Waals surface area contributed by atoms with Crippen LogP contribution >= 0.6 is 0 Å². The number of hydrogen-bond acceptors (Lipinski definition) is 7. The average molecular weight is 410 g/mol. The second-order valence-corrected chi connectivity index (χ2v) is 7.10. The van der Waals surface area contributed by atoms with Crippen molar-refractivity contribution in [1.82, 2.24) is 15.3 Å². The lowest BCUT2D eigenvalue weighted by atomic mass is 9.96. The lowest BCUT2D eigenvalue weighted by Gasteiger charge is -2.14. The van der Waals surface area contributed by atoms with Gasteiger partial charge >= 0.3 is 0 Å². The fourth-order valence-electron chi connectivity index (χ4n) is 3.12. The molecule has 0 aliphatic heterocycles. The molecule has 1 aliphatic rings. The van der Waals surface area contributed by atoms with Crippen molar-refractivity contribution in [2.75, 3.05) is 5.73 Å². The molecule has 3 aromatic rings. The van der Waals surface area contributed by atoms with Crippen molar-refractivity contribution in [2.24, 2.45) is 0 Å². The second-order valence-electron chi connectivity index (χ2n) is 7.10. The van der Waals surface area contributed by atoms with Crippen LogP contribution in [-0.2, 0) is 6.61 Å². The summed E-state index contributed by atoms with van der Waals surface area (Å²) in [6.07, 6.45) is 3.50. The quantitative estimate of drug-likeness (QED) is 0.637. The molecule has 4 rings (SSSR count). The van der Waals surface area contributed by atoms with Crippen molar-refractivity contribution in [1.29, 1.82) is 10.5 Å². The summed E-state index contributed by atoms with van der Waals surface area (Å²) in [5.41, 5.74) is 8.27. The topological polar surface area (TPSA) is 138 Å². The number of nitrogen functional groups attached to an aromatic ring is 1. The number of nitrogens with zero attached hydrogens (tertiary/aromatic N) is 4. The SMILES string of the molecule is N#Cc1c(N)nc(OCc2ccnc(C(=O)NC3CC3)c2)c(C#N)c1-c1ccccc1. The Bertz CT molecular complexity index is 1220. The lowest BCUT2D eigenvalue weighted by Crippen LogP contribution is -2.26. The van der Waals surface area contributed by atoms with Gasteiger partial charge in [-0.1, -0.05) is 30.3 Å². The van der Waals surface area contributed by atoms with Gasteiger partial charge < -0.3 is 15.8 Å². The van der Waals surface area contributed by atoms with E-state index < -0.39 is 0 Å². The number of hydrogen-bond donors (Lipinski definition) is 2. The smallest absolute Gasteiger partial charge is 0.270 e. The summed E-state index contributed by atoms with van der Waals surface area (Å²) in [4.78, 5) is 20.5. The van der Waals surface area contributed by atoms with Gasteiger partial charge in [-0.25, -0.2) is 0 Å². The number of amides is 1. The van der Waals surface area contributed by atoms with Gasteiger partial charge in [-0.3, -0.25) is 9.78 Å². The summed E-state index contributed by atoms with van der Waals surface area (Å²) >= 11 is 0. The Kier molecular flexibility index (Phi) is 5.46. The van der Waals surface area contributed by atoms with E-state index in [1.165, 1.54) is 6.20 Å². The number of pyridine rings is 2. The molecule has 31 heavy (non-hydrogen) atoms. The molecule has 3 N–H and O–H groups in total. The Morgan fingerprint density at radius 2 is 1.90 bits per heavy atom. The monoisotopic (exact) mass is 410 g/mol. The molecule has 0 spiro atoms. The predicted molar refractivity (Wildman–Crippen MR) is 113 cm³/mol. The molecule has 1 fully saturated rings. The Morgan fingerprint density at radius 1 is 1.16 bits per heavy atom. The first-order valence-corrected chi connectivity index (χ1v) is 9.68. The zero-order valence-electron chi connectivity index (χ0n) is 16.5. The minimum absolute atomic E-state index is 0.0189. The highest BCUT2D eigenvalue weighted by Crippen LogP contribution is 2.35. The molecule has 1 aromatic carbocycles. The van der Waals surface area contributed by atoms with E-state index in [1.54, 1.807) is 36.4 Å². The van der Waals surface area contributed by atoms with Gasteiger partial charge in [0.2, 0.25) is 5.88 Å². The molecule has 0 saturated heterocycles. The standard InChI is InChI=1S/C23H18N6O2/c24-11-17-20(15-4-2-1-3-5-15)18(12-25)23(29-21(17)26)31-13-14-8-9-27-19(10-14)22(30)28-16-6-7-16/h1-5,8-10,16H,6-7,13H2,(H2,26,29)(H,28,30). The summed E-state index contributed by atoms with van der Waals surface area (Å²) in [5.74, 6) is -0.220. The molecular formula is C23H18N6O2. The zero-order valence-corrected chi connectivity index (χ0v) is 16.5. The molecule has 1 amide bonds. The van der Waals surface area contributed by atoms with Crippen LogP contribution in [0.15, 0.2) is 48.7 Å². The molecule has 0 atom stereocenters. The molecule has 0 radical (unpaired) electrons. The zero-order chi connectivity index (χ0) is 21.8. The summed E-state index contributed by atoms with van der Waals surface area (Å²) in [7, 11) is 0. The highest BCUT2D eigenvalue weighted by Gasteiger charge is 2.24. The van der Waals surface area contributed by atoms with E-state index in [-0.39, 0.29) is 41.4 Å². The number of nitrogens with one attached hydrogen (secondary N) is 1. The number of benzene rings is 1. The van der Waals surface area contributed by atoms with Crippen LogP contribution in [0.3, 0.4) is 0 Å². The van der Waals surface area contributed by atoms with Gasteiger partial charge in [-0.2, -0.15) is 15.5 Å². The molecule has 0 bridgehead atoms. The lowest BCUT2D eigenvalue weighted by molar-refractivity contribution is 0.0946. The van der Waals surface area contributed by atoms with Crippen molar-refractivity contribution in [3.8, 4) is 29.1 Å². The Hall–Kier alpha value is -4.43. The van der Waals surface area contributed by atoms with E-state index in [0.29, 0.717) is 22.4 Å². The van der Waals surface area contributed by atoms with Crippen LogP contribution in [0.5, 0.6) is 5.88 Å². The maximum Gasteiger partial charge on any atom is 0.270 e. The van der Waals surface area contributed by atoms with Crippen LogP contribution in [0.1, 0.15) is 40.0 Å². The van der Waals surface area contributed by atoms with E-state index in [4.69, 9.17) is 10.5 Å². The van der Waals surface area contributed by atoms with E-state index in [2.05, 4.69) is 21.4 Å². The molecule has 8 heteroatoms. The number of ether oxygens (including phenoxy) is 1. The first-order chi connectivity index (χ1) is 15.1. The summed E-state index contributed by atoms with van der Waals surface area (Å²) in [5, 5.41) is 22.2. The Morgan fingerprint density at radius 3 is 2.58 bits per heavy atom. The maximum absolute atomic E-state index is 12.2. The molecule has 0 unspecified atom stereocenters. The van der Waals surface area contributed by atoms with E-state index in [1.807, 2.05) is 12.1 Å². The largest absolute Gasteiger partial charge is 0.472 e. The van der Waals surface area contributed by atoms with E-state index in [9.17, 15) is 15.3 Å². The van der Waals surface area contributed by atoms with E-state index >= 15 is 0 Å². The van der Waals surface area contributed by atoms with Gasteiger partial charge in [0.25, 0.3) is 5.91 Å². The van der Waals surface area contributed by atoms with Crippen LogP contribution in [0, 0.1) is 22.7 Å². The molecule has 1 saturated carbocycles. The Balaban J connectivity index is 1.64. The highest BCUT2D eigenvalue weighted by molar-refractivity contribution is 5.92. The van der Waals surface area contributed by atoms with Gasteiger partial charge in [0.15, 0.2) is 0 Å². The first kappa shape index (κ1) is 19.9. The van der Waals surface area contributed by atoms with Gasteiger partial charge in [0.05, 0.1) is 0 Å². The molecule has 2 heterocycles. The number of aromatic nitrogens is 2. The maximum atomic E-state index is 12.2. The molecule has 1 aliphatic carbocycles. The Labute approximate surface area is 178 Å². The molecular weight excluding hydrogens is 392 g/mol. The fourth-order valence-corrected chi connectivity index (χ4v) is 3.12. The third kappa shape index (κ3) is 4.29. The minimum Gasteiger partial charge on any atom is -0.472 e. The summed E-state index contributed by atoms with van der Waals surface area (Å²) in [6.45, 7) is 0.0491. The number of nitrogens with two attached hydrogens (primary N) is 1. The predicted octanol–water partition coefficient (Wildman–Crippen LogP) is 2.94. The van der Waals surface area contributed by atoms with Crippen LogP contribution in [0.2, 0.25) is 0 Å². The minimum atomic E-state index is -0.228. The average Bonchev–Trinajstić information content (AvgIpc) is 3.62. The fraction of sp³-hybridized carbons (Fsp3) is 0.174. The number of rotatable bonds is 6. The van der Waals surface area contributed by atoms with Crippen molar-refractivity contribution in [2.45, 2.75) is 25.5 Å². The summed E-state index contributed by atoms with van der Waals surface area (Å²) < 4.78 is 5.80. The van der Waals surface area contributed by atoms with Crippen molar-refractivity contribution >= 4 is 11.7 Å². The molecule has 8 nitrogen and oxygen atoms in total. The summed E-state index contributed by atoms with van der Waals surface area (Å²) in [6, 6.07) is 16.7. The third-order valence-electron chi connectivity index (χ3n) is 4.82. The number of anilines is 1. The third-order valence-corrected chi connectivity index (χ3v) is 4.82. The normalized spacial score (nSPS) is 12.5.